The number of methoxy groups -OCH3 is 1. The molecular weight excluding hydrogens is 306 g/mol. The molecule has 19 heavy (non-hydrogen) atoms. The van der Waals surface area contributed by atoms with Gasteiger partial charge < -0.3 is 15.0 Å². The number of pyridine rings is 1. The molecule has 1 N–H and O–H groups in total. The van der Waals surface area contributed by atoms with E-state index >= 15 is 0 Å². The molecule has 0 atom stereocenters. The van der Waals surface area contributed by atoms with Gasteiger partial charge in [0, 0.05) is 49.0 Å². The highest BCUT2D eigenvalue weighted by Gasteiger charge is 2.13. The quantitative estimate of drug-likeness (QED) is 0.870. The summed E-state index contributed by atoms with van der Waals surface area (Å²) in [5, 5.41) is 3.50. The Bertz CT molecular complexity index is 404. The molecule has 0 amide bonds. The highest BCUT2D eigenvalue weighted by atomic mass is 79.9. The molecule has 4 nitrogen and oxygen atoms in total. The van der Waals surface area contributed by atoms with E-state index in [1.165, 1.54) is 5.56 Å². The monoisotopic (exact) mass is 329 g/mol. The predicted octanol–water partition coefficient (Wildman–Crippen LogP) is 2.81. The molecule has 1 heterocycles. The Morgan fingerprint density at radius 3 is 2.68 bits per heavy atom. The maximum atomic E-state index is 5.12. The first kappa shape index (κ1) is 16.4. The van der Waals surface area contributed by atoms with E-state index in [0.29, 0.717) is 6.61 Å². The molecule has 0 bridgehead atoms. The van der Waals surface area contributed by atoms with E-state index in [-0.39, 0.29) is 5.54 Å². The SMILES string of the molecule is COCCN(C)c1ncc(Br)cc1CNC(C)(C)C. The number of ether oxygens (including phenoxy) is 1. The van der Waals surface area contributed by atoms with E-state index in [0.717, 1.165) is 23.4 Å². The molecule has 1 aromatic rings. The van der Waals surface area contributed by atoms with Gasteiger partial charge in [-0.25, -0.2) is 4.98 Å². The van der Waals surface area contributed by atoms with Crippen molar-refractivity contribution in [3.8, 4) is 0 Å². The first-order valence-electron chi connectivity index (χ1n) is 6.43. The molecule has 0 aliphatic rings. The van der Waals surface area contributed by atoms with Crippen LogP contribution in [0.3, 0.4) is 0 Å². The molecular formula is C14H24BrN3O. The smallest absolute Gasteiger partial charge is 0.132 e. The minimum atomic E-state index is 0.0880. The van der Waals surface area contributed by atoms with Crippen molar-refractivity contribution in [1.82, 2.24) is 10.3 Å². The highest BCUT2D eigenvalue weighted by molar-refractivity contribution is 9.10. The zero-order valence-electron chi connectivity index (χ0n) is 12.5. The number of halogens is 1. The minimum Gasteiger partial charge on any atom is -0.383 e. The lowest BCUT2D eigenvalue weighted by molar-refractivity contribution is 0.206. The van der Waals surface area contributed by atoms with Crippen molar-refractivity contribution in [3.63, 3.8) is 0 Å². The largest absolute Gasteiger partial charge is 0.383 e. The van der Waals surface area contributed by atoms with E-state index in [1.54, 1.807) is 7.11 Å². The van der Waals surface area contributed by atoms with Crippen LogP contribution >= 0.6 is 15.9 Å². The molecule has 0 aliphatic heterocycles. The first-order chi connectivity index (χ1) is 8.83. The van der Waals surface area contributed by atoms with Crippen LogP contribution in [0.25, 0.3) is 0 Å². The Morgan fingerprint density at radius 2 is 2.11 bits per heavy atom. The van der Waals surface area contributed by atoms with Gasteiger partial charge in [0.05, 0.1) is 6.61 Å². The third-order valence-corrected chi connectivity index (χ3v) is 3.14. The van der Waals surface area contributed by atoms with Gasteiger partial charge in [-0.15, -0.1) is 0 Å². The van der Waals surface area contributed by atoms with Gasteiger partial charge in [0.2, 0.25) is 0 Å². The Balaban J connectivity index is 2.85. The standard InChI is InChI=1S/C14H24BrN3O/c1-14(2,3)17-9-11-8-12(15)10-16-13(11)18(4)6-7-19-5/h8,10,17H,6-7,9H2,1-5H3. The Morgan fingerprint density at radius 1 is 1.42 bits per heavy atom. The van der Waals surface area contributed by atoms with Crippen molar-refractivity contribution in [2.75, 3.05) is 32.2 Å². The summed E-state index contributed by atoms with van der Waals surface area (Å²) >= 11 is 3.49. The zero-order chi connectivity index (χ0) is 14.5. The van der Waals surface area contributed by atoms with Crippen LogP contribution in [0.4, 0.5) is 5.82 Å². The maximum Gasteiger partial charge on any atom is 0.132 e. The molecule has 0 spiro atoms. The van der Waals surface area contributed by atoms with Crippen LogP contribution in [0.5, 0.6) is 0 Å². The predicted molar refractivity (Wildman–Crippen MR) is 83.7 cm³/mol. The molecule has 0 fully saturated rings. The van der Waals surface area contributed by atoms with Crippen LogP contribution < -0.4 is 10.2 Å². The number of likely N-dealkylation sites (N-methyl/N-ethyl adjacent to an activating group) is 1. The van der Waals surface area contributed by atoms with Crippen LogP contribution in [0.15, 0.2) is 16.7 Å². The average molecular weight is 330 g/mol. The summed E-state index contributed by atoms with van der Waals surface area (Å²) in [7, 11) is 3.75. The van der Waals surface area contributed by atoms with Crippen LogP contribution in [-0.2, 0) is 11.3 Å². The second kappa shape index (κ2) is 7.22. The third-order valence-electron chi connectivity index (χ3n) is 2.71. The van der Waals surface area contributed by atoms with Crippen molar-refractivity contribution in [1.29, 1.82) is 0 Å². The van der Waals surface area contributed by atoms with Crippen molar-refractivity contribution in [2.24, 2.45) is 0 Å². The average Bonchev–Trinajstić information content (AvgIpc) is 2.32. The molecule has 1 aromatic heterocycles. The summed E-state index contributed by atoms with van der Waals surface area (Å²) in [6.07, 6.45) is 1.83. The van der Waals surface area contributed by atoms with Gasteiger partial charge in [0.15, 0.2) is 0 Å². The third kappa shape index (κ3) is 5.89. The van der Waals surface area contributed by atoms with Gasteiger partial charge in [0.1, 0.15) is 5.82 Å². The molecule has 5 heteroatoms. The number of aromatic nitrogens is 1. The number of nitrogens with zero attached hydrogens (tertiary/aromatic N) is 2. The summed E-state index contributed by atoms with van der Waals surface area (Å²) in [5.74, 6) is 0.997. The Kier molecular flexibility index (Phi) is 6.23. The van der Waals surface area contributed by atoms with Crippen molar-refractivity contribution in [2.45, 2.75) is 32.9 Å². The van der Waals surface area contributed by atoms with Gasteiger partial charge in [-0.3, -0.25) is 0 Å². The molecule has 108 valence electrons. The van der Waals surface area contributed by atoms with E-state index in [2.05, 4.69) is 58.0 Å². The van der Waals surface area contributed by atoms with E-state index in [4.69, 9.17) is 4.74 Å². The maximum absolute atomic E-state index is 5.12. The number of hydrogen-bond acceptors (Lipinski definition) is 4. The number of anilines is 1. The van der Waals surface area contributed by atoms with Crippen molar-refractivity contribution < 1.29 is 4.74 Å². The molecule has 0 aromatic carbocycles. The molecule has 1 rings (SSSR count). The van der Waals surface area contributed by atoms with E-state index in [9.17, 15) is 0 Å². The summed E-state index contributed by atoms with van der Waals surface area (Å²) in [4.78, 5) is 6.64. The van der Waals surface area contributed by atoms with E-state index < -0.39 is 0 Å². The lowest BCUT2D eigenvalue weighted by Gasteiger charge is -2.24. The fourth-order valence-electron chi connectivity index (χ4n) is 1.64. The fraction of sp³-hybridized carbons (Fsp3) is 0.643. The molecule has 0 aliphatic carbocycles. The van der Waals surface area contributed by atoms with Crippen LogP contribution in [0.1, 0.15) is 26.3 Å². The Hall–Kier alpha value is -0.650. The summed E-state index contributed by atoms with van der Waals surface area (Å²) < 4.78 is 6.12. The summed E-state index contributed by atoms with van der Waals surface area (Å²) in [5.41, 5.74) is 1.27. The van der Waals surface area contributed by atoms with Crippen molar-refractivity contribution >= 4 is 21.7 Å². The van der Waals surface area contributed by atoms with Gasteiger partial charge in [-0.2, -0.15) is 0 Å². The van der Waals surface area contributed by atoms with Gasteiger partial charge in [0.25, 0.3) is 0 Å². The summed E-state index contributed by atoms with van der Waals surface area (Å²) in [6.45, 7) is 8.79. The second-order valence-corrected chi connectivity index (χ2v) is 6.57. The molecule has 0 saturated heterocycles. The summed E-state index contributed by atoms with van der Waals surface area (Å²) in [6, 6.07) is 2.12. The number of hydrogen-bond donors (Lipinski definition) is 1. The second-order valence-electron chi connectivity index (χ2n) is 5.65. The van der Waals surface area contributed by atoms with Crippen LogP contribution in [-0.4, -0.2) is 37.8 Å². The van der Waals surface area contributed by atoms with Gasteiger partial charge in [-0.1, -0.05) is 0 Å². The zero-order valence-corrected chi connectivity index (χ0v) is 14.0. The normalized spacial score (nSPS) is 11.7. The molecule has 0 radical (unpaired) electrons. The topological polar surface area (TPSA) is 37.4 Å². The van der Waals surface area contributed by atoms with Gasteiger partial charge in [-0.05, 0) is 42.8 Å². The van der Waals surface area contributed by atoms with Crippen molar-refractivity contribution in [3.05, 3.63) is 22.3 Å². The Labute approximate surface area is 124 Å². The first-order valence-corrected chi connectivity index (χ1v) is 7.22. The van der Waals surface area contributed by atoms with Crippen LogP contribution in [0, 0.1) is 0 Å². The lowest BCUT2D eigenvalue weighted by Crippen LogP contribution is -2.36. The van der Waals surface area contributed by atoms with E-state index in [1.807, 2.05) is 13.2 Å². The van der Waals surface area contributed by atoms with Crippen LogP contribution in [0.2, 0.25) is 0 Å². The lowest BCUT2D eigenvalue weighted by atomic mass is 10.1. The number of nitrogens with one attached hydrogen (secondary N) is 1. The number of rotatable bonds is 6. The highest BCUT2D eigenvalue weighted by Crippen LogP contribution is 2.21. The molecule has 0 unspecified atom stereocenters. The molecule has 0 saturated carbocycles. The minimum absolute atomic E-state index is 0.0880. The van der Waals surface area contributed by atoms with Gasteiger partial charge >= 0.3 is 0 Å². The fourth-order valence-corrected chi connectivity index (χ4v) is 2.02.